The summed E-state index contributed by atoms with van der Waals surface area (Å²) in [6.07, 6.45) is 3.58. The Morgan fingerprint density at radius 2 is 1.70 bits per heavy atom. The van der Waals surface area contributed by atoms with E-state index < -0.39 is 6.04 Å². The van der Waals surface area contributed by atoms with Crippen molar-refractivity contribution >= 4 is 0 Å². The predicted octanol–water partition coefficient (Wildman–Crippen LogP) is 3.06. The van der Waals surface area contributed by atoms with Gasteiger partial charge in [0.05, 0.1) is 6.04 Å². The van der Waals surface area contributed by atoms with Crippen molar-refractivity contribution in [2.75, 3.05) is 0 Å². The maximum absolute atomic E-state index is 13.0. The number of imidazole rings is 1. The summed E-state index contributed by atoms with van der Waals surface area (Å²) in [6, 6.07) is 15.6. The van der Waals surface area contributed by atoms with Crippen molar-refractivity contribution in [2.24, 2.45) is 5.73 Å². The van der Waals surface area contributed by atoms with E-state index in [1.807, 2.05) is 41.1 Å². The van der Waals surface area contributed by atoms with Crippen LogP contribution in [0.4, 0.5) is 4.39 Å². The zero-order chi connectivity index (χ0) is 13.9. The molecule has 4 heteroatoms. The van der Waals surface area contributed by atoms with Gasteiger partial charge in [0.25, 0.3) is 0 Å². The second-order valence-electron chi connectivity index (χ2n) is 4.52. The minimum Gasteiger partial charge on any atom is -0.318 e. The number of para-hydroxylation sites is 1. The van der Waals surface area contributed by atoms with Crippen LogP contribution in [0.1, 0.15) is 17.4 Å². The molecule has 3 nitrogen and oxygen atoms in total. The first kappa shape index (κ1) is 12.6. The van der Waals surface area contributed by atoms with Gasteiger partial charge in [0.1, 0.15) is 11.6 Å². The summed E-state index contributed by atoms with van der Waals surface area (Å²) >= 11 is 0. The Balaban J connectivity index is 1.99. The average molecular weight is 267 g/mol. The lowest BCUT2D eigenvalue weighted by atomic mass is 10.1. The largest absolute Gasteiger partial charge is 0.318 e. The van der Waals surface area contributed by atoms with Crippen LogP contribution >= 0.6 is 0 Å². The molecule has 0 amide bonds. The Hall–Kier alpha value is -2.46. The smallest absolute Gasteiger partial charge is 0.134 e. The molecule has 2 N–H and O–H groups in total. The molecule has 0 aliphatic heterocycles. The van der Waals surface area contributed by atoms with Crippen molar-refractivity contribution in [1.82, 2.24) is 9.55 Å². The molecule has 0 saturated carbocycles. The van der Waals surface area contributed by atoms with Gasteiger partial charge in [-0.05, 0) is 29.8 Å². The number of hydrogen-bond acceptors (Lipinski definition) is 2. The lowest BCUT2D eigenvalue weighted by Gasteiger charge is -2.14. The Morgan fingerprint density at radius 3 is 2.40 bits per heavy atom. The van der Waals surface area contributed by atoms with Crippen LogP contribution in [0.5, 0.6) is 0 Å². The summed E-state index contributed by atoms with van der Waals surface area (Å²) in [7, 11) is 0. The Morgan fingerprint density at radius 1 is 1.00 bits per heavy atom. The number of rotatable bonds is 3. The van der Waals surface area contributed by atoms with Gasteiger partial charge in [-0.25, -0.2) is 9.37 Å². The fourth-order valence-corrected chi connectivity index (χ4v) is 2.17. The average Bonchev–Trinajstić information content (AvgIpc) is 2.97. The van der Waals surface area contributed by atoms with Crippen LogP contribution < -0.4 is 5.73 Å². The highest BCUT2D eigenvalue weighted by atomic mass is 19.1. The van der Waals surface area contributed by atoms with Gasteiger partial charge in [0.2, 0.25) is 0 Å². The summed E-state index contributed by atoms with van der Waals surface area (Å²) in [4.78, 5) is 4.34. The number of nitrogens with zero attached hydrogens (tertiary/aromatic N) is 2. The quantitative estimate of drug-likeness (QED) is 0.792. The Bertz CT molecular complexity index is 689. The molecule has 3 rings (SSSR count). The van der Waals surface area contributed by atoms with Crippen LogP contribution in [0.25, 0.3) is 5.69 Å². The number of nitrogens with two attached hydrogens (primary N) is 1. The van der Waals surface area contributed by atoms with Crippen LogP contribution in [-0.2, 0) is 0 Å². The zero-order valence-electron chi connectivity index (χ0n) is 10.8. The van der Waals surface area contributed by atoms with Gasteiger partial charge in [0.15, 0.2) is 0 Å². The highest BCUT2D eigenvalue weighted by molar-refractivity contribution is 5.35. The molecule has 0 spiro atoms. The molecule has 0 fully saturated rings. The molecule has 1 aromatic heterocycles. The second kappa shape index (κ2) is 5.27. The van der Waals surface area contributed by atoms with E-state index in [1.165, 1.54) is 12.1 Å². The zero-order valence-corrected chi connectivity index (χ0v) is 10.8. The first-order valence-electron chi connectivity index (χ1n) is 6.35. The standard InChI is InChI=1S/C16H14FN3/c17-13-8-6-12(7-9-13)15(18)16-19-10-11-20(16)14-4-2-1-3-5-14/h1-11,15H,18H2. The highest BCUT2D eigenvalue weighted by Crippen LogP contribution is 2.21. The minimum absolute atomic E-state index is 0.271. The van der Waals surface area contributed by atoms with Crippen molar-refractivity contribution < 1.29 is 4.39 Å². The number of halogens is 1. The molecule has 0 saturated heterocycles. The molecule has 20 heavy (non-hydrogen) atoms. The van der Waals surface area contributed by atoms with Crippen LogP contribution in [0.2, 0.25) is 0 Å². The first-order chi connectivity index (χ1) is 9.75. The van der Waals surface area contributed by atoms with Crippen LogP contribution in [0.15, 0.2) is 67.0 Å². The van der Waals surface area contributed by atoms with Gasteiger partial charge in [-0.2, -0.15) is 0 Å². The lowest BCUT2D eigenvalue weighted by molar-refractivity contribution is 0.625. The van der Waals surface area contributed by atoms with E-state index in [4.69, 9.17) is 5.73 Å². The molecule has 0 bridgehead atoms. The molecule has 3 aromatic rings. The van der Waals surface area contributed by atoms with E-state index in [0.717, 1.165) is 17.1 Å². The molecule has 1 atom stereocenters. The number of hydrogen-bond donors (Lipinski definition) is 1. The van der Waals surface area contributed by atoms with Crippen molar-refractivity contribution in [2.45, 2.75) is 6.04 Å². The fraction of sp³-hybridized carbons (Fsp3) is 0.0625. The summed E-state index contributed by atoms with van der Waals surface area (Å²) < 4.78 is 14.9. The summed E-state index contributed by atoms with van der Waals surface area (Å²) in [5, 5.41) is 0. The van der Waals surface area contributed by atoms with Gasteiger partial charge in [-0.1, -0.05) is 30.3 Å². The van der Waals surface area contributed by atoms with Gasteiger partial charge in [0, 0.05) is 18.1 Å². The van der Waals surface area contributed by atoms with E-state index in [1.54, 1.807) is 18.3 Å². The number of benzene rings is 2. The Kier molecular flexibility index (Phi) is 3.31. The van der Waals surface area contributed by atoms with E-state index >= 15 is 0 Å². The molecule has 0 aliphatic carbocycles. The molecule has 1 unspecified atom stereocenters. The highest BCUT2D eigenvalue weighted by Gasteiger charge is 2.15. The van der Waals surface area contributed by atoms with Crippen molar-refractivity contribution in [3.8, 4) is 5.69 Å². The third-order valence-corrected chi connectivity index (χ3v) is 3.21. The SMILES string of the molecule is NC(c1ccc(F)cc1)c1nccn1-c1ccccc1. The molecule has 0 aliphatic rings. The lowest BCUT2D eigenvalue weighted by Crippen LogP contribution is -2.17. The third kappa shape index (κ3) is 2.33. The van der Waals surface area contributed by atoms with Crippen molar-refractivity contribution in [1.29, 1.82) is 0 Å². The Labute approximate surface area is 116 Å². The van der Waals surface area contributed by atoms with E-state index in [2.05, 4.69) is 4.98 Å². The maximum atomic E-state index is 13.0. The van der Waals surface area contributed by atoms with E-state index in [-0.39, 0.29) is 5.82 Å². The van der Waals surface area contributed by atoms with Crippen LogP contribution in [-0.4, -0.2) is 9.55 Å². The topological polar surface area (TPSA) is 43.8 Å². The summed E-state index contributed by atoms with van der Waals surface area (Å²) in [6.45, 7) is 0. The summed E-state index contributed by atoms with van der Waals surface area (Å²) in [5.41, 5.74) is 8.07. The fourth-order valence-electron chi connectivity index (χ4n) is 2.17. The molecular formula is C16H14FN3. The van der Waals surface area contributed by atoms with Gasteiger partial charge in [-0.3, -0.25) is 0 Å². The summed E-state index contributed by atoms with van der Waals surface area (Å²) in [5.74, 6) is 0.454. The van der Waals surface area contributed by atoms with E-state index in [9.17, 15) is 4.39 Å². The number of aromatic nitrogens is 2. The maximum Gasteiger partial charge on any atom is 0.134 e. The second-order valence-corrected chi connectivity index (χ2v) is 4.52. The molecule has 1 heterocycles. The monoisotopic (exact) mass is 267 g/mol. The minimum atomic E-state index is -0.397. The molecular weight excluding hydrogens is 253 g/mol. The van der Waals surface area contributed by atoms with Crippen molar-refractivity contribution in [3.63, 3.8) is 0 Å². The molecule has 2 aromatic carbocycles. The molecule has 100 valence electrons. The normalized spacial score (nSPS) is 12.3. The predicted molar refractivity (Wildman–Crippen MR) is 76.0 cm³/mol. The van der Waals surface area contributed by atoms with Gasteiger partial charge in [-0.15, -0.1) is 0 Å². The van der Waals surface area contributed by atoms with Crippen LogP contribution in [0.3, 0.4) is 0 Å². The van der Waals surface area contributed by atoms with Crippen LogP contribution in [0, 0.1) is 5.82 Å². The van der Waals surface area contributed by atoms with Crippen molar-refractivity contribution in [3.05, 3.63) is 84.2 Å². The van der Waals surface area contributed by atoms with Gasteiger partial charge >= 0.3 is 0 Å². The molecule has 0 radical (unpaired) electrons. The van der Waals surface area contributed by atoms with E-state index in [0.29, 0.717) is 0 Å². The first-order valence-corrected chi connectivity index (χ1v) is 6.35. The van der Waals surface area contributed by atoms with Gasteiger partial charge < -0.3 is 10.3 Å². The third-order valence-electron chi connectivity index (χ3n) is 3.21.